The minimum absolute atomic E-state index is 0.137. The molecule has 0 bridgehead atoms. The van der Waals surface area contributed by atoms with Crippen molar-refractivity contribution in [2.45, 2.75) is 12.1 Å². The van der Waals surface area contributed by atoms with Crippen molar-refractivity contribution in [1.29, 1.82) is 0 Å². The van der Waals surface area contributed by atoms with Gasteiger partial charge in [-0.2, -0.15) is 15.0 Å². The Morgan fingerprint density at radius 3 is 2.74 bits per heavy atom. The summed E-state index contributed by atoms with van der Waals surface area (Å²) in [5.41, 5.74) is 2.06. The van der Waals surface area contributed by atoms with Crippen molar-refractivity contribution in [1.82, 2.24) is 35.9 Å². The summed E-state index contributed by atoms with van der Waals surface area (Å²) in [7, 11) is 0. The van der Waals surface area contributed by atoms with Gasteiger partial charge in [0.2, 0.25) is 0 Å². The van der Waals surface area contributed by atoms with E-state index in [9.17, 15) is 14.0 Å². The first kappa shape index (κ1) is 17.2. The minimum atomic E-state index is -1.26. The maximum Gasteiger partial charge on any atom is 0.322 e. The molecule has 1 aromatic carbocycles. The van der Waals surface area contributed by atoms with Crippen LogP contribution >= 0.6 is 11.3 Å². The normalized spacial score (nSPS) is 19.1. The number of halogens is 1. The SMILES string of the molecule is O=C1NC(=O)C(CNCc2cnn(-c3ccc(F)cc3)n2)(c2cscn2)N1. The van der Waals surface area contributed by atoms with Crippen LogP contribution in [0.5, 0.6) is 0 Å². The molecule has 3 amide bonds. The van der Waals surface area contributed by atoms with Crippen molar-refractivity contribution in [3.05, 3.63) is 58.6 Å². The highest BCUT2D eigenvalue weighted by atomic mass is 32.1. The van der Waals surface area contributed by atoms with Gasteiger partial charge in [0.1, 0.15) is 5.82 Å². The van der Waals surface area contributed by atoms with Crippen molar-refractivity contribution in [3.8, 4) is 5.69 Å². The fourth-order valence-corrected chi connectivity index (χ4v) is 3.39. The van der Waals surface area contributed by atoms with Crippen LogP contribution in [0.4, 0.5) is 9.18 Å². The zero-order valence-electron chi connectivity index (χ0n) is 13.8. The number of urea groups is 1. The van der Waals surface area contributed by atoms with Crippen LogP contribution in [-0.2, 0) is 16.9 Å². The number of hydrogen-bond acceptors (Lipinski definition) is 7. The quantitative estimate of drug-likeness (QED) is 0.536. The van der Waals surface area contributed by atoms with E-state index >= 15 is 0 Å². The number of imide groups is 1. The van der Waals surface area contributed by atoms with E-state index in [-0.39, 0.29) is 12.4 Å². The van der Waals surface area contributed by atoms with Crippen molar-refractivity contribution >= 4 is 23.3 Å². The van der Waals surface area contributed by atoms with E-state index in [4.69, 9.17) is 0 Å². The summed E-state index contributed by atoms with van der Waals surface area (Å²) in [6.45, 7) is 0.452. The molecule has 11 heteroatoms. The average Bonchev–Trinajstić information content (AvgIpc) is 3.37. The summed E-state index contributed by atoms with van der Waals surface area (Å²) in [5.74, 6) is -0.794. The molecule has 1 fully saturated rings. The number of carbonyl (C=O) groups excluding carboxylic acids is 2. The predicted molar refractivity (Wildman–Crippen MR) is 93.5 cm³/mol. The average molecular weight is 387 g/mol. The largest absolute Gasteiger partial charge is 0.322 e. The number of rotatable bonds is 6. The summed E-state index contributed by atoms with van der Waals surface area (Å²) in [6.07, 6.45) is 1.57. The molecule has 1 atom stereocenters. The third kappa shape index (κ3) is 3.29. The van der Waals surface area contributed by atoms with Gasteiger partial charge in [-0.25, -0.2) is 14.2 Å². The zero-order chi connectivity index (χ0) is 18.9. The van der Waals surface area contributed by atoms with Crippen LogP contribution in [0.3, 0.4) is 0 Å². The number of carbonyl (C=O) groups is 2. The first-order valence-electron chi connectivity index (χ1n) is 7.97. The molecular formula is C16H14FN7O2S. The smallest absolute Gasteiger partial charge is 0.317 e. The van der Waals surface area contributed by atoms with Crippen molar-refractivity contribution in [2.24, 2.45) is 0 Å². The molecular weight excluding hydrogens is 373 g/mol. The van der Waals surface area contributed by atoms with Crippen LogP contribution in [0, 0.1) is 5.82 Å². The maximum absolute atomic E-state index is 13.0. The number of nitrogens with one attached hydrogen (secondary N) is 3. The van der Waals surface area contributed by atoms with Crippen molar-refractivity contribution in [2.75, 3.05) is 6.54 Å². The Hall–Kier alpha value is -3.18. The highest BCUT2D eigenvalue weighted by Gasteiger charge is 2.48. The number of nitrogens with zero attached hydrogens (tertiary/aromatic N) is 4. The second kappa shape index (κ2) is 6.85. The van der Waals surface area contributed by atoms with Gasteiger partial charge in [-0.3, -0.25) is 10.1 Å². The Labute approximate surface area is 156 Å². The van der Waals surface area contributed by atoms with E-state index in [0.29, 0.717) is 23.6 Å². The van der Waals surface area contributed by atoms with Gasteiger partial charge in [-0.15, -0.1) is 11.3 Å². The van der Waals surface area contributed by atoms with Crippen LogP contribution in [0.15, 0.2) is 41.4 Å². The van der Waals surface area contributed by atoms with Gasteiger partial charge in [0.25, 0.3) is 5.91 Å². The molecule has 1 aliphatic heterocycles. The Morgan fingerprint density at radius 1 is 1.26 bits per heavy atom. The standard InChI is InChI=1S/C16H14FN7O2S/c17-10-1-3-12(4-2-10)24-20-6-11(23-24)5-18-8-16(13-7-27-9-19-13)14(25)21-15(26)22-16/h1-4,6-7,9,18H,5,8H2,(H2,21,22,25,26). The second-order valence-electron chi connectivity index (χ2n) is 5.89. The predicted octanol–water partition coefficient (Wildman–Crippen LogP) is 0.687. The highest BCUT2D eigenvalue weighted by molar-refractivity contribution is 7.07. The van der Waals surface area contributed by atoms with Gasteiger partial charge >= 0.3 is 6.03 Å². The molecule has 3 aromatic rings. The van der Waals surface area contributed by atoms with Gasteiger partial charge in [0.15, 0.2) is 5.54 Å². The third-order valence-electron chi connectivity index (χ3n) is 4.10. The lowest BCUT2D eigenvalue weighted by atomic mass is 9.96. The molecule has 3 N–H and O–H groups in total. The molecule has 138 valence electrons. The fourth-order valence-electron chi connectivity index (χ4n) is 2.76. The van der Waals surface area contributed by atoms with Crippen molar-refractivity contribution < 1.29 is 14.0 Å². The highest BCUT2D eigenvalue weighted by Crippen LogP contribution is 2.24. The van der Waals surface area contributed by atoms with E-state index in [2.05, 4.69) is 31.1 Å². The zero-order valence-corrected chi connectivity index (χ0v) is 14.7. The molecule has 1 aliphatic rings. The first-order chi connectivity index (χ1) is 13.1. The molecule has 2 aromatic heterocycles. The summed E-state index contributed by atoms with van der Waals surface area (Å²) in [5, 5.41) is 18.2. The molecule has 4 rings (SSSR count). The van der Waals surface area contributed by atoms with Crippen LogP contribution in [0.1, 0.15) is 11.4 Å². The van der Waals surface area contributed by atoms with Crippen LogP contribution in [0.25, 0.3) is 5.69 Å². The van der Waals surface area contributed by atoms with E-state index in [0.717, 1.165) is 0 Å². The summed E-state index contributed by atoms with van der Waals surface area (Å²) in [6, 6.07) is 5.24. The van der Waals surface area contributed by atoms with Gasteiger partial charge < -0.3 is 10.6 Å². The number of amides is 3. The Morgan fingerprint density at radius 2 is 2.07 bits per heavy atom. The Bertz CT molecular complexity index is 973. The molecule has 1 unspecified atom stereocenters. The number of hydrogen-bond donors (Lipinski definition) is 3. The third-order valence-corrected chi connectivity index (χ3v) is 4.69. The van der Waals surface area contributed by atoms with Gasteiger partial charge in [0, 0.05) is 18.5 Å². The summed E-state index contributed by atoms with van der Waals surface area (Å²) < 4.78 is 13.0. The molecule has 1 saturated heterocycles. The molecule has 0 radical (unpaired) electrons. The van der Waals surface area contributed by atoms with Gasteiger partial charge in [0.05, 0.1) is 28.8 Å². The lowest BCUT2D eigenvalue weighted by Gasteiger charge is -2.24. The fraction of sp³-hybridized carbons (Fsp3) is 0.188. The first-order valence-corrected chi connectivity index (χ1v) is 8.91. The number of aromatic nitrogens is 4. The van der Waals surface area contributed by atoms with Gasteiger partial charge in [-0.05, 0) is 24.3 Å². The summed E-state index contributed by atoms with van der Waals surface area (Å²) >= 11 is 1.34. The molecule has 0 aliphatic carbocycles. The van der Waals surface area contributed by atoms with Crippen LogP contribution in [-0.4, -0.2) is 38.5 Å². The van der Waals surface area contributed by atoms with Crippen LogP contribution in [0.2, 0.25) is 0 Å². The lowest BCUT2D eigenvalue weighted by Crippen LogP contribution is -2.51. The van der Waals surface area contributed by atoms with Crippen molar-refractivity contribution in [3.63, 3.8) is 0 Å². The van der Waals surface area contributed by atoms with E-state index in [1.807, 2.05) is 0 Å². The summed E-state index contributed by atoms with van der Waals surface area (Å²) in [4.78, 5) is 29.5. The number of thiazole rings is 1. The molecule has 0 saturated carbocycles. The second-order valence-corrected chi connectivity index (χ2v) is 6.61. The maximum atomic E-state index is 13.0. The van der Waals surface area contributed by atoms with Crippen LogP contribution < -0.4 is 16.0 Å². The number of benzene rings is 1. The van der Waals surface area contributed by atoms with E-state index < -0.39 is 17.5 Å². The monoisotopic (exact) mass is 387 g/mol. The molecule has 0 spiro atoms. The van der Waals surface area contributed by atoms with E-state index in [1.54, 1.807) is 29.2 Å². The molecule has 3 heterocycles. The van der Waals surface area contributed by atoms with E-state index in [1.165, 1.54) is 28.3 Å². The molecule has 9 nitrogen and oxygen atoms in total. The Balaban J connectivity index is 1.45. The minimum Gasteiger partial charge on any atom is -0.317 e. The lowest BCUT2D eigenvalue weighted by molar-refractivity contribution is -0.124. The topological polar surface area (TPSA) is 114 Å². The molecule has 27 heavy (non-hydrogen) atoms. The Kier molecular flexibility index (Phi) is 4.38. The van der Waals surface area contributed by atoms with Gasteiger partial charge in [-0.1, -0.05) is 0 Å².